The fourth-order valence-electron chi connectivity index (χ4n) is 1.99. The van der Waals surface area contributed by atoms with Crippen LogP contribution in [0.2, 0.25) is 0 Å². The van der Waals surface area contributed by atoms with Gasteiger partial charge in [0.1, 0.15) is 11.8 Å². The maximum Gasteiger partial charge on any atom is 0.265 e. The van der Waals surface area contributed by atoms with Crippen LogP contribution in [0.1, 0.15) is 16.7 Å². The van der Waals surface area contributed by atoms with Gasteiger partial charge in [0.05, 0.1) is 29.4 Å². The van der Waals surface area contributed by atoms with Gasteiger partial charge >= 0.3 is 0 Å². The number of hydrogen-bond donors (Lipinski definition) is 1. The van der Waals surface area contributed by atoms with Crippen LogP contribution in [0.15, 0.2) is 33.7 Å². The molecule has 2 rings (SSSR count). The number of ether oxygens (including phenoxy) is 1. The predicted molar refractivity (Wildman–Crippen MR) is 84.4 cm³/mol. The van der Waals surface area contributed by atoms with Crippen LogP contribution in [0.5, 0.6) is 5.75 Å². The highest BCUT2D eigenvalue weighted by molar-refractivity contribution is 9.10. The Morgan fingerprint density at radius 2 is 2.19 bits per heavy atom. The number of nitrogens with zero attached hydrogens (tertiary/aromatic N) is 2. The van der Waals surface area contributed by atoms with E-state index in [4.69, 9.17) is 15.7 Å². The van der Waals surface area contributed by atoms with Crippen LogP contribution in [0.25, 0.3) is 0 Å². The lowest BCUT2D eigenvalue weighted by Crippen LogP contribution is -2.22. The zero-order chi connectivity index (χ0) is 15.6. The van der Waals surface area contributed by atoms with Crippen molar-refractivity contribution in [3.05, 3.63) is 55.9 Å². The SMILES string of the molecule is COc1ccc(Cn2cc(N)c(C)c(Br)c2=O)cc1C#N. The lowest BCUT2D eigenvalue weighted by molar-refractivity contribution is 0.413. The van der Waals surface area contributed by atoms with Crippen LogP contribution >= 0.6 is 15.9 Å². The molecule has 0 saturated heterocycles. The Morgan fingerprint density at radius 3 is 2.81 bits per heavy atom. The van der Waals surface area contributed by atoms with Crippen LogP contribution in [0, 0.1) is 18.3 Å². The number of pyridine rings is 1. The number of methoxy groups -OCH3 is 1. The molecule has 0 unspecified atom stereocenters. The minimum absolute atomic E-state index is 0.156. The second-order valence-corrected chi connectivity index (χ2v) is 5.40. The van der Waals surface area contributed by atoms with Crippen molar-refractivity contribution in [3.8, 4) is 11.8 Å². The van der Waals surface area contributed by atoms with E-state index in [1.54, 1.807) is 25.3 Å². The largest absolute Gasteiger partial charge is 0.495 e. The summed E-state index contributed by atoms with van der Waals surface area (Å²) in [5.41, 5.74) is 8.25. The van der Waals surface area contributed by atoms with E-state index < -0.39 is 0 Å². The highest BCUT2D eigenvalue weighted by atomic mass is 79.9. The fraction of sp³-hybridized carbons (Fsp3) is 0.200. The van der Waals surface area contributed by atoms with Gasteiger partial charge in [-0.05, 0) is 46.1 Å². The Labute approximate surface area is 130 Å². The van der Waals surface area contributed by atoms with E-state index in [1.165, 1.54) is 11.7 Å². The first-order chi connectivity index (χ1) is 9.97. The van der Waals surface area contributed by atoms with Crippen molar-refractivity contribution in [1.82, 2.24) is 4.57 Å². The third-order valence-corrected chi connectivity index (χ3v) is 4.18. The molecule has 0 aliphatic rings. The summed E-state index contributed by atoms with van der Waals surface area (Å²) >= 11 is 3.26. The van der Waals surface area contributed by atoms with Crippen molar-refractivity contribution in [2.75, 3.05) is 12.8 Å². The molecule has 2 N–H and O–H groups in total. The molecule has 0 aliphatic heterocycles. The van der Waals surface area contributed by atoms with E-state index >= 15 is 0 Å². The lowest BCUT2D eigenvalue weighted by Gasteiger charge is -2.11. The summed E-state index contributed by atoms with van der Waals surface area (Å²) in [7, 11) is 1.51. The maximum atomic E-state index is 12.2. The summed E-state index contributed by atoms with van der Waals surface area (Å²) in [6.07, 6.45) is 1.61. The molecule has 0 radical (unpaired) electrons. The first-order valence-electron chi connectivity index (χ1n) is 6.20. The fourth-order valence-corrected chi connectivity index (χ4v) is 2.45. The van der Waals surface area contributed by atoms with Gasteiger partial charge in [0.15, 0.2) is 0 Å². The van der Waals surface area contributed by atoms with E-state index in [0.717, 1.165) is 11.1 Å². The highest BCUT2D eigenvalue weighted by Gasteiger charge is 2.10. The Hall–Kier alpha value is -2.26. The summed E-state index contributed by atoms with van der Waals surface area (Å²) in [5, 5.41) is 9.09. The molecule has 1 aromatic heterocycles. The minimum atomic E-state index is -0.156. The number of aromatic nitrogens is 1. The molecule has 0 amide bonds. The minimum Gasteiger partial charge on any atom is -0.495 e. The van der Waals surface area contributed by atoms with Crippen LogP contribution in [0.3, 0.4) is 0 Å². The van der Waals surface area contributed by atoms with E-state index in [2.05, 4.69) is 22.0 Å². The Kier molecular flexibility index (Phi) is 4.34. The van der Waals surface area contributed by atoms with Gasteiger partial charge in [-0.2, -0.15) is 5.26 Å². The van der Waals surface area contributed by atoms with Crippen molar-refractivity contribution >= 4 is 21.6 Å². The normalized spacial score (nSPS) is 10.2. The smallest absolute Gasteiger partial charge is 0.265 e. The zero-order valence-corrected chi connectivity index (χ0v) is 13.3. The van der Waals surface area contributed by atoms with Gasteiger partial charge < -0.3 is 15.0 Å². The first kappa shape index (κ1) is 15.1. The monoisotopic (exact) mass is 347 g/mol. The molecule has 6 heteroatoms. The van der Waals surface area contributed by atoms with Crippen molar-refractivity contribution in [2.45, 2.75) is 13.5 Å². The number of rotatable bonds is 3. The number of nitrogen functional groups attached to an aromatic ring is 1. The molecule has 2 aromatic rings. The van der Waals surface area contributed by atoms with Crippen LogP contribution in [-0.4, -0.2) is 11.7 Å². The van der Waals surface area contributed by atoms with Gasteiger partial charge in [-0.15, -0.1) is 0 Å². The molecule has 0 fully saturated rings. The standard InChI is InChI=1S/C15H14BrN3O2/c1-9-12(18)8-19(15(20)14(9)16)7-10-3-4-13(21-2)11(5-10)6-17/h3-5,8H,7,18H2,1-2H3. The Bertz CT molecular complexity index is 791. The van der Waals surface area contributed by atoms with E-state index in [9.17, 15) is 4.79 Å². The second-order valence-electron chi connectivity index (χ2n) is 4.60. The van der Waals surface area contributed by atoms with Gasteiger partial charge in [0.2, 0.25) is 0 Å². The molecular formula is C15H14BrN3O2. The zero-order valence-electron chi connectivity index (χ0n) is 11.7. The van der Waals surface area contributed by atoms with Crippen molar-refractivity contribution in [3.63, 3.8) is 0 Å². The van der Waals surface area contributed by atoms with Crippen molar-refractivity contribution in [1.29, 1.82) is 5.26 Å². The topological polar surface area (TPSA) is 81.0 Å². The van der Waals surface area contributed by atoms with Crippen LogP contribution in [0.4, 0.5) is 5.69 Å². The molecule has 5 nitrogen and oxygen atoms in total. The maximum absolute atomic E-state index is 12.2. The Balaban J connectivity index is 2.44. The lowest BCUT2D eigenvalue weighted by atomic mass is 10.1. The highest BCUT2D eigenvalue weighted by Crippen LogP contribution is 2.21. The van der Waals surface area contributed by atoms with E-state index in [-0.39, 0.29) is 5.56 Å². The van der Waals surface area contributed by atoms with Gasteiger partial charge in [-0.25, -0.2) is 0 Å². The second kappa shape index (κ2) is 6.02. The van der Waals surface area contributed by atoms with Crippen molar-refractivity contribution in [2.24, 2.45) is 0 Å². The van der Waals surface area contributed by atoms with Crippen LogP contribution in [-0.2, 0) is 6.54 Å². The summed E-state index contributed by atoms with van der Waals surface area (Å²) in [5.74, 6) is 0.512. The molecule has 0 aliphatic carbocycles. The number of anilines is 1. The average Bonchev–Trinajstić information content (AvgIpc) is 2.50. The summed E-state index contributed by atoms with van der Waals surface area (Å²) in [6, 6.07) is 7.31. The molecule has 0 atom stereocenters. The quantitative estimate of drug-likeness (QED) is 0.924. The number of benzene rings is 1. The summed E-state index contributed by atoms with van der Waals surface area (Å²) in [6.45, 7) is 2.12. The number of nitrogens with two attached hydrogens (primary N) is 1. The molecule has 21 heavy (non-hydrogen) atoms. The molecule has 1 aromatic carbocycles. The van der Waals surface area contributed by atoms with E-state index in [0.29, 0.717) is 28.0 Å². The summed E-state index contributed by atoms with van der Waals surface area (Å²) in [4.78, 5) is 12.2. The third kappa shape index (κ3) is 2.93. The van der Waals surface area contributed by atoms with Gasteiger partial charge in [-0.1, -0.05) is 6.07 Å². The Morgan fingerprint density at radius 1 is 1.48 bits per heavy atom. The summed E-state index contributed by atoms with van der Waals surface area (Å²) < 4.78 is 7.06. The van der Waals surface area contributed by atoms with Crippen molar-refractivity contribution < 1.29 is 4.74 Å². The first-order valence-corrected chi connectivity index (χ1v) is 6.99. The third-order valence-electron chi connectivity index (χ3n) is 3.24. The average molecular weight is 348 g/mol. The van der Waals surface area contributed by atoms with Gasteiger partial charge in [0, 0.05) is 6.20 Å². The predicted octanol–water partition coefficient (Wildman–Crippen LogP) is 2.43. The molecule has 1 heterocycles. The molecular weight excluding hydrogens is 334 g/mol. The number of nitriles is 1. The van der Waals surface area contributed by atoms with Gasteiger partial charge in [-0.3, -0.25) is 4.79 Å². The number of hydrogen-bond acceptors (Lipinski definition) is 4. The van der Waals surface area contributed by atoms with Gasteiger partial charge in [0.25, 0.3) is 5.56 Å². The molecule has 108 valence electrons. The van der Waals surface area contributed by atoms with E-state index in [1.807, 2.05) is 6.07 Å². The molecule has 0 spiro atoms. The molecule has 0 saturated carbocycles. The van der Waals surface area contributed by atoms with Crippen LogP contribution < -0.4 is 16.0 Å². The molecule has 0 bridgehead atoms. The number of halogens is 1.